The van der Waals surface area contributed by atoms with Gasteiger partial charge in [-0.2, -0.15) is 0 Å². The largest absolute Gasteiger partial charge is 0.481 e. The Morgan fingerprint density at radius 3 is 2.57 bits per heavy atom. The third-order valence-corrected chi connectivity index (χ3v) is 14.7. The zero-order valence-corrected chi connectivity index (χ0v) is 34.6. The Kier molecular flexibility index (Phi) is 12.0. The minimum absolute atomic E-state index is 0.00223. The van der Waals surface area contributed by atoms with Gasteiger partial charge in [0.15, 0.2) is 23.5 Å². The number of carboxylic acid groups (broad SMARTS) is 1. The molecular formula is C42H48BrN3O11S. The summed E-state index contributed by atoms with van der Waals surface area (Å²) in [6.45, 7) is 3.03. The van der Waals surface area contributed by atoms with Crippen molar-refractivity contribution in [3.8, 4) is 0 Å². The smallest absolute Gasteiger partial charge is 0.303 e. The first kappa shape index (κ1) is 42.1. The van der Waals surface area contributed by atoms with E-state index in [-0.39, 0.29) is 48.3 Å². The topological polar surface area (TPSA) is 218 Å². The van der Waals surface area contributed by atoms with E-state index in [1.807, 2.05) is 36.6 Å². The molecule has 1 aromatic heterocycles. The molecule has 10 atom stereocenters. The van der Waals surface area contributed by atoms with Crippen LogP contribution in [0, 0.1) is 28.6 Å². The maximum atomic E-state index is 13.9. The molecule has 0 radical (unpaired) electrons. The molecule has 2 aromatic rings. The van der Waals surface area contributed by atoms with Crippen LogP contribution in [0.4, 0.5) is 5.69 Å². The standard InChI is InChI=1S/C42H48BrN3O11S/c1-40-12-11-26(48)15-24(40)5-8-28-29-16-33-42(32(50)20-47,41(29,2)17-31(49)37(28)40)57-39(56-33)23-14-27(58-21-23)13-22-3-6-25(7-4-22)45-38(55)30(9-10-36(53)54)46-35(52)19-44-34(51)18-43/h3-4,6-7,11-12,14-15,21,28-31,33,37,39,47,49H,5,8-10,13,16-20H2,1-2H3,(H,44,51)(H,45,55)(H,46,52)(H,53,54)/t28-,29-,30-,31-,33+,37+,39+,40-,41-,42+/m0/s1. The number of amides is 3. The van der Waals surface area contributed by atoms with Crippen molar-refractivity contribution in [1.29, 1.82) is 0 Å². The summed E-state index contributed by atoms with van der Waals surface area (Å²) in [6, 6.07) is 7.92. The van der Waals surface area contributed by atoms with Crippen LogP contribution in [-0.2, 0) is 44.7 Å². The number of fused-ring (bicyclic) bond motifs is 7. The summed E-state index contributed by atoms with van der Waals surface area (Å²) in [5.41, 5.74) is 0.449. The van der Waals surface area contributed by atoms with Crippen LogP contribution in [0.1, 0.15) is 74.7 Å². The summed E-state index contributed by atoms with van der Waals surface area (Å²) < 4.78 is 13.4. The number of benzene rings is 1. The third-order valence-electron chi connectivity index (χ3n) is 13.2. The molecule has 4 aliphatic carbocycles. The summed E-state index contributed by atoms with van der Waals surface area (Å²) >= 11 is 4.49. The zero-order chi connectivity index (χ0) is 41.6. The van der Waals surface area contributed by atoms with E-state index < -0.39 is 77.1 Å². The van der Waals surface area contributed by atoms with E-state index in [2.05, 4.69) is 38.8 Å². The number of ketones is 2. The predicted octanol–water partition coefficient (Wildman–Crippen LogP) is 3.74. The lowest BCUT2D eigenvalue weighted by molar-refractivity contribution is -0.201. The van der Waals surface area contributed by atoms with Gasteiger partial charge >= 0.3 is 5.97 Å². The zero-order valence-electron chi connectivity index (χ0n) is 32.2. The van der Waals surface area contributed by atoms with Gasteiger partial charge in [-0.3, -0.25) is 28.8 Å². The monoisotopic (exact) mass is 881 g/mol. The minimum atomic E-state index is -1.44. The molecule has 4 fully saturated rings. The average molecular weight is 883 g/mol. The van der Waals surface area contributed by atoms with Gasteiger partial charge in [-0.25, -0.2) is 0 Å². The highest BCUT2D eigenvalue weighted by Crippen LogP contribution is 2.70. The van der Waals surface area contributed by atoms with Gasteiger partial charge < -0.3 is 40.7 Å². The molecule has 1 saturated heterocycles. The van der Waals surface area contributed by atoms with Gasteiger partial charge in [0.05, 0.1) is 24.1 Å². The summed E-state index contributed by atoms with van der Waals surface area (Å²) in [5.74, 6) is -3.33. The summed E-state index contributed by atoms with van der Waals surface area (Å²) in [6.07, 6.45) is 5.42. The fourth-order valence-corrected chi connectivity index (χ4v) is 11.7. The third kappa shape index (κ3) is 7.63. The Morgan fingerprint density at radius 2 is 1.86 bits per heavy atom. The fourth-order valence-electron chi connectivity index (χ4n) is 10.6. The van der Waals surface area contributed by atoms with E-state index in [9.17, 15) is 39.0 Å². The lowest BCUT2D eigenvalue weighted by Crippen LogP contribution is -2.63. The highest BCUT2D eigenvalue weighted by molar-refractivity contribution is 9.09. The Balaban J connectivity index is 1.01. The number of hydrogen-bond donors (Lipinski definition) is 6. The number of aliphatic carboxylic acids is 1. The van der Waals surface area contributed by atoms with Crippen molar-refractivity contribution in [3.05, 3.63) is 75.5 Å². The second-order valence-electron chi connectivity index (χ2n) is 16.5. The van der Waals surface area contributed by atoms with E-state index in [0.717, 1.165) is 34.4 Å². The number of ether oxygens (including phenoxy) is 2. The number of Topliss-reactive ketones (excluding diaryl/α,β-unsaturated/α-hetero) is 1. The molecule has 7 rings (SSSR count). The average Bonchev–Trinajstić information content (AvgIpc) is 3.88. The number of alkyl halides is 1. The molecule has 0 spiro atoms. The molecule has 0 bridgehead atoms. The van der Waals surface area contributed by atoms with Crippen LogP contribution in [0.25, 0.3) is 0 Å². The van der Waals surface area contributed by atoms with Gasteiger partial charge in [-0.15, -0.1) is 11.3 Å². The molecule has 6 N–H and O–H groups in total. The Morgan fingerprint density at radius 1 is 1.10 bits per heavy atom. The summed E-state index contributed by atoms with van der Waals surface area (Å²) in [4.78, 5) is 75.2. The SMILES string of the molecule is C[C@]12C=CC(=O)C=C1CC[C@@H]1[C@@H]2[C@@H](O)C[C@@]2(C)[C@H]1C[C@H]1O[C@@H](c3csc(Cc4ccc(NC(=O)[C@H](CCC(=O)O)NC(=O)CNC(=O)CBr)cc4)c3)O[C@]12C(=O)CO. The van der Waals surface area contributed by atoms with Crippen LogP contribution in [0.3, 0.4) is 0 Å². The number of carbonyl (C=O) groups excluding carboxylic acids is 5. The van der Waals surface area contributed by atoms with Gasteiger partial charge in [0.25, 0.3) is 0 Å². The van der Waals surface area contributed by atoms with E-state index in [0.29, 0.717) is 24.9 Å². The van der Waals surface area contributed by atoms with Gasteiger partial charge in [0, 0.05) is 45.7 Å². The molecule has 58 heavy (non-hydrogen) atoms. The fraction of sp³-hybridized carbons (Fsp3) is 0.524. The molecule has 1 aliphatic heterocycles. The Hall–Kier alpha value is -4.06. The van der Waals surface area contributed by atoms with Crippen LogP contribution >= 0.6 is 27.3 Å². The first-order valence-corrected chi connectivity index (χ1v) is 21.5. The van der Waals surface area contributed by atoms with Crippen molar-refractivity contribution in [2.75, 3.05) is 23.8 Å². The molecule has 1 aromatic carbocycles. The molecule has 14 nitrogen and oxygen atoms in total. The van der Waals surface area contributed by atoms with Gasteiger partial charge in [-0.1, -0.05) is 53.6 Å². The number of aliphatic hydroxyl groups excluding tert-OH is 2. The second kappa shape index (κ2) is 16.5. The highest BCUT2D eigenvalue weighted by atomic mass is 79.9. The number of rotatable bonds is 14. The first-order valence-electron chi connectivity index (χ1n) is 19.5. The molecule has 3 saturated carbocycles. The Labute approximate surface area is 347 Å². The van der Waals surface area contributed by atoms with Crippen molar-refractivity contribution >= 4 is 68.2 Å². The minimum Gasteiger partial charge on any atom is -0.481 e. The molecule has 0 unspecified atom stereocenters. The molecular weight excluding hydrogens is 834 g/mol. The Bertz CT molecular complexity index is 2050. The maximum absolute atomic E-state index is 13.9. The van der Waals surface area contributed by atoms with Gasteiger partial charge in [0.1, 0.15) is 12.6 Å². The number of carboxylic acids is 1. The molecule has 2 heterocycles. The normalized spacial score (nSPS) is 32.5. The van der Waals surface area contributed by atoms with Crippen LogP contribution in [0.2, 0.25) is 0 Å². The van der Waals surface area contributed by atoms with Crippen molar-refractivity contribution in [2.24, 2.45) is 28.6 Å². The van der Waals surface area contributed by atoms with Gasteiger partial charge in [-0.05, 0) is 85.2 Å². The molecule has 16 heteroatoms. The highest BCUT2D eigenvalue weighted by Gasteiger charge is 2.76. The number of nitrogens with one attached hydrogen (secondary N) is 3. The van der Waals surface area contributed by atoms with Crippen LogP contribution < -0.4 is 16.0 Å². The van der Waals surface area contributed by atoms with Crippen LogP contribution in [0.5, 0.6) is 0 Å². The molecule has 5 aliphatic rings. The maximum Gasteiger partial charge on any atom is 0.303 e. The van der Waals surface area contributed by atoms with Crippen molar-refractivity contribution < 1.29 is 53.6 Å². The lowest BCUT2D eigenvalue weighted by Gasteiger charge is -2.59. The number of thiophene rings is 1. The molecule has 3 amide bonds. The summed E-state index contributed by atoms with van der Waals surface area (Å²) in [5, 5.41) is 40.9. The van der Waals surface area contributed by atoms with Gasteiger partial charge in [0.2, 0.25) is 17.7 Å². The van der Waals surface area contributed by atoms with Crippen molar-refractivity contribution in [1.82, 2.24) is 10.6 Å². The number of hydrogen-bond acceptors (Lipinski definition) is 11. The number of anilines is 1. The van der Waals surface area contributed by atoms with E-state index >= 15 is 0 Å². The van der Waals surface area contributed by atoms with Crippen LogP contribution in [0.15, 0.2) is 59.5 Å². The summed E-state index contributed by atoms with van der Waals surface area (Å²) in [7, 11) is 0. The number of halogens is 1. The molecule has 310 valence electrons. The van der Waals surface area contributed by atoms with E-state index in [4.69, 9.17) is 14.6 Å². The lowest BCUT2D eigenvalue weighted by atomic mass is 9.46. The van der Waals surface area contributed by atoms with Crippen molar-refractivity contribution in [2.45, 2.75) is 88.9 Å². The number of allylic oxidation sites excluding steroid dienone is 4. The van der Waals surface area contributed by atoms with E-state index in [1.54, 1.807) is 24.3 Å². The second-order valence-corrected chi connectivity index (χ2v) is 18.1. The predicted molar refractivity (Wildman–Crippen MR) is 215 cm³/mol. The number of aliphatic hydroxyl groups is 2. The van der Waals surface area contributed by atoms with E-state index in [1.165, 1.54) is 11.3 Å². The number of carbonyl (C=O) groups is 6. The van der Waals surface area contributed by atoms with Crippen LogP contribution in [-0.4, -0.2) is 92.9 Å². The van der Waals surface area contributed by atoms with Crippen molar-refractivity contribution in [3.63, 3.8) is 0 Å². The first-order chi connectivity index (χ1) is 27.6. The quantitative estimate of drug-likeness (QED) is 0.150.